The SMILES string of the molecule is CC(NCc1cccs1)c1cccc(F)c1. The molecular weight excluding hydrogens is 221 g/mol. The van der Waals surface area contributed by atoms with Gasteiger partial charge in [-0.15, -0.1) is 11.3 Å². The van der Waals surface area contributed by atoms with Crippen molar-refractivity contribution in [1.29, 1.82) is 0 Å². The Hall–Kier alpha value is -1.19. The van der Waals surface area contributed by atoms with Crippen molar-refractivity contribution >= 4 is 11.3 Å². The molecule has 2 aromatic rings. The van der Waals surface area contributed by atoms with Crippen LogP contribution in [0.2, 0.25) is 0 Å². The molecule has 0 spiro atoms. The molecule has 1 heterocycles. The first-order valence-electron chi connectivity index (χ1n) is 5.27. The molecule has 1 N–H and O–H groups in total. The Morgan fingerprint density at radius 2 is 2.19 bits per heavy atom. The van der Waals surface area contributed by atoms with Gasteiger partial charge in [-0.2, -0.15) is 0 Å². The molecule has 0 aliphatic carbocycles. The first-order valence-corrected chi connectivity index (χ1v) is 6.15. The van der Waals surface area contributed by atoms with Crippen LogP contribution in [0.25, 0.3) is 0 Å². The van der Waals surface area contributed by atoms with Gasteiger partial charge in [0.25, 0.3) is 0 Å². The van der Waals surface area contributed by atoms with E-state index in [2.05, 4.69) is 16.8 Å². The van der Waals surface area contributed by atoms with Crippen LogP contribution in [0.5, 0.6) is 0 Å². The van der Waals surface area contributed by atoms with Crippen molar-refractivity contribution in [2.45, 2.75) is 19.5 Å². The van der Waals surface area contributed by atoms with Crippen LogP contribution in [0.3, 0.4) is 0 Å². The van der Waals surface area contributed by atoms with Crippen LogP contribution in [0.1, 0.15) is 23.4 Å². The average molecular weight is 235 g/mol. The molecule has 1 aromatic heterocycles. The summed E-state index contributed by atoms with van der Waals surface area (Å²) in [5.74, 6) is -0.178. The second-order valence-corrected chi connectivity index (χ2v) is 4.77. The van der Waals surface area contributed by atoms with Gasteiger partial charge in [0.1, 0.15) is 5.82 Å². The topological polar surface area (TPSA) is 12.0 Å². The van der Waals surface area contributed by atoms with Crippen LogP contribution in [0.15, 0.2) is 41.8 Å². The van der Waals surface area contributed by atoms with Crippen LogP contribution in [0.4, 0.5) is 4.39 Å². The van der Waals surface area contributed by atoms with E-state index < -0.39 is 0 Å². The predicted octanol–water partition coefficient (Wildman–Crippen LogP) is 3.74. The van der Waals surface area contributed by atoms with Gasteiger partial charge in [0.15, 0.2) is 0 Å². The Balaban J connectivity index is 1.95. The lowest BCUT2D eigenvalue weighted by molar-refractivity contribution is 0.568. The number of rotatable bonds is 4. The van der Waals surface area contributed by atoms with Crippen LogP contribution in [0, 0.1) is 5.82 Å². The first kappa shape index (κ1) is 11.3. The summed E-state index contributed by atoms with van der Waals surface area (Å²) in [6.45, 7) is 2.87. The van der Waals surface area contributed by atoms with E-state index in [4.69, 9.17) is 0 Å². The zero-order valence-electron chi connectivity index (χ0n) is 9.11. The minimum Gasteiger partial charge on any atom is -0.305 e. The van der Waals surface area contributed by atoms with Gasteiger partial charge in [0.05, 0.1) is 0 Å². The maximum atomic E-state index is 13.0. The molecule has 0 aliphatic heterocycles. The molecule has 3 heteroatoms. The molecule has 0 fully saturated rings. The molecule has 0 amide bonds. The summed E-state index contributed by atoms with van der Waals surface area (Å²) in [5.41, 5.74) is 0.983. The summed E-state index contributed by atoms with van der Waals surface area (Å²) in [6.07, 6.45) is 0. The number of benzene rings is 1. The molecule has 1 unspecified atom stereocenters. The standard InChI is InChI=1S/C13H14FNS/c1-10(11-4-2-5-12(14)8-11)15-9-13-6-3-7-16-13/h2-8,10,15H,9H2,1H3. The maximum absolute atomic E-state index is 13.0. The van der Waals surface area contributed by atoms with Crippen molar-refractivity contribution in [1.82, 2.24) is 5.32 Å². The van der Waals surface area contributed by atoms with Gasteiger partial charge < -0.3 is 5.32 Å². The second kappa shape index (κ2) is 5.23. The van der Waals surface area contributed by atoms with Crippen LogP contribution < -0.4 is 5.32 Å². The maximum Gasteiger partial charge on any atom is 0.123 e. The van der Waals surface area contributed by atoms with E-state index in [0.717, 1.165) is 12.1 Å². The molecule has 2 rings (SSSR count). The molecule has 0 bridgehead atoms. The summed E-state index contributed by atoms with van der Waals surface area (Å²) in [6, 6.07) is 11.0. The van der Waals surface area contributed by atoms with E-state index in [9.17, 15) is 4.39 Å². The fraction of sp³-hybridized carbons (Fsp3) is 0.231. The lowest BCUT2D eigenvalue weighted by atomic mass is 10.1. The van der Waals surface area contributed by atoms with E-state index in [1.165, 1.54) is 10.9 Å². The normalized spacial score (nSPS) is 12.6. The van der Waals surface area contributed by atoms with Gasteiger partial charge >= 0.3 is 0 Å². The largest absolute Gasteiger partial charge is 0.305 e. The third kappa shape index (κ3) is 2.90. The number of nitrogens with one attached hydrogen (secondary N) is 1. The van der Waals surface area contributed by atoms with E-state index >= 15 is 0 Å². The Morgan fingerprint density at radius 1 is 1.31 bits per heavy atom. The zero-order valence-corrected chi connectivity index (χ0v) is 9.93. The lowest BCUT2D eigenvalue weighted by Gasteiger charge is -2.13. The van der Waals surface area contributed by atoms with E-state index in [1.54, 1.807) is 23.5 Å². The minimum absolute atomic E-state index is 0.165. The molecule has 1 atom stereocenters. The summed E-state index contributed by atoms with van der Waals surface area (Å²) < 4.78 is 13.0. The number of thiophene rings is 1. The van der Waals surface area contributed by atoms with Crippen LogP contribution in [-0.2, 0) is 6.54 Å². The Bertz CT molecular complexity index is 439. The molecule has 84 valence electrons. The van der Waals surface area contributed by atoms with Crippen molar-refractivity contribution in [3.05, 3.63) is 58.0 Å². The highest BCUT2D eigenvalue weighted by Gasteiger charge is 2.05. The van der Waals surface area contributed by atoms with Crippen molar-refractivity contribution in [3.63, 3.8) is 0 Å². The fourth-order valence-electron chi connectivity index (χ4n) is 1.56. The molecular formula is C13H14FNS. The van der Waals surface area contributed by atoms with Gasteiger partial charge in [-0.25, -0.2) is 4.39 Å². The summed E-state index contributed by atoms with van der Waals surface area (Å²) >= 11 is 1.73. The quantitative estimate of drug-likeness (QED) is 0.851. The molecule has 0 radical (unpaired) electrons. The minimum atomic E-state index is -0.178. The predicted molar refractivity (Wildman–Crippen MR) is 66.0 cm³/mol. The van der Waals surface area contributed by atoms with Gasteiger partial charge in [-0.3, -0.25) is 0 Å². The van der Waals surface area contributed by atoms with E-state index in [1.807, 2.05) is 19.1 Å². The first-order chi connectivity index (χ1) is 7.75. The van der Waals surface area contributed by atoms with E-state index in [-0.39, 0.29) is 11.9 Å². The zero-order chi connectivity index (χ0) is 11.4. The molecule has 0 saturated heterocycles. The monoisotopic (exact) mass is 235 g/mol. The van der Waals surface area contributed by atoms with Gasteiger partial charge in [0, 0.05) is 17.5 Å². The molecule has 16 heavy (non-hydrogen) atoms. The van der Waals surface area contributed by atoms with Crippen molar-refractivity contribution in [2.24, 2.45) is 0 Å². The van der Waals surface area contributed by atoms with Crippen LogP contribution in [-0.4, -0.2) is 0 Å². The van der Waals surface area contributed by atoms with Gasteiger partial charge in [0.2, 0.25) is 0 Å². The number of hydrogen-bond donors (Lipinski definition) is 1. The smallest absolute Gasteiger partial charge is 0.123 e. The third-order valence-corrected chi connectivity index (χ3v) is 3.39. The Kier molecular flexibility index (Phi) is 3.70. The highest BCUT2D eigenvalue weighted by atomic mass is 32.1. The van der Waals surface area contributed by atoms with E-state index in [0.29, 0.717) is 0 Å². The Morgan fingerprint density at radius 3 is 2.88 bits per heavy atom. The van der Waals surface area contributed by atoms with Crippen LogP contribution >= 0.6 is 11.3 Å². The van der Waals surface area contributed by atoms with Gasteiger partial charge in [-0.1, -0.05) is 18.2 Å². The Labute approximate surface area is 98.9 Å². The molecule has 1 aromatic carbocycles. The number of hydrogen-bond acceptors (Lipinski definition) is 2. The number of halogens is 1. The van der Waals surface area contributed by atoms with Crippen molar-refractivity contribution in [3.8, 4) is 0 Å². The second-order valence-electron chi connectivity index (χ2n) is 3.74. The van der Waals surface area contributed by atoms with Gasteiger partial charge in [-0.05, 0) is 36.1 Å². The third-order valence-electron chi connectivity index (χ3n) is 2.51. The molecule has 1 nitrogen and oxygen atoms in total. The average Bonchev–Trinajstić information content (AvgIpc) is 2.78. The molecule has 0 aliphatic rings. The highest BCUT2D eigenvalue weighted by Crippen LogP contribution is 2.15. The summed E-state index contributed by atoms with van der Waals surface area (Å²) in [5, 5.41) is 5.43. The summed E-state index contributed by atoms with van der Waals surface area (Å²) in [4.78, 5) is 1.29. The lowest BCUT2D eigenvalue weighted by Crippen LogP contribution is -2.17. The summed E-state index contributed by atoms with van der Waals surface area (Å²) in [7, 11) is 0. The van der Waals surface area contributed by atoms with Crippen molar-refractivity contribution < 1.29 is 4.39 Å². The highest BCUT2D eigenvalue weighted by molar-refractivity contribution is 7.09. The van der Waals surface area contributed by atoms with Crippen molar-refractivity contribution in [2.75, 3.05) is 0 Å². The molecule has 0 saturated carbocycles. The fourth-order valence-corrected chi connectivity index (χ4v) is 2.22.